The molecule has 3 N–H and O–H groups in total. The van der Waals surface area contributed by atoms with Crippen molar-refractivity contribution in [1.82, 2.24) is 14.7 Å². The molecule has 0 atom stereocenters. The van der Waals surface area contributed by atoms with Gasteiger partial charge in [-0.1, -0.05) is 66.9 Å². The van der Waals surface area contributed by atoms with Gasteiger partial charge >= 0.3 is 0 Å². The highest BCUT2D eigenvalue weighted by Crippen LogP contribution is 2.48. The number of aromatic hydroxyl groups is 3. The minimum absolute atomic E-state index is 0.0254. The number of halogens is 4. The average molecular weight is 1620 g/mol. The van der Waals surface area contributed by atoms with Crippen molar-refractivity contribution in [2.75, 3.05) is 78.9 Å². The number of rotatable bonds is 28. The Morgan fingerprint density at radius 3 is 1.13 bits per heavy atom. The predicted molar refractivity (Wildman–Crippen MR) is 451 cm³/mol. The van der Waals surface area contributed by atoms with Gasteiger partial charge in [-0.15, -0.1) is 34.0 Å². The van der Waals surface area contributed by atoms with Crippen LogP contribution in [0.2, 0.25) is 0 Å². The van der Waals surface area contributed by atoms with Crippen LogP contribution in [0.5, 0.6) is 69.0 Å². The van der Waals surface area contributed by atoms with Crippen molar-refractivity contribution >= 4 is 81.6 Å². The Balaban J connectivity index is 0.000000152. The molecule has 3 aliphatic heterocycles. The zero-order chi connectivity index (χ0) is 83.5. The highest BCUT2D eigenvalue weighted by atomic mass is 32.1. The van der Waals surface area contributed by atoms with Gasteiger partial charge in [0.1, 0.15) is 91.4 Å². The summed E-state index contributed by atoms with van der Waals surface area (Å²) in [5.41, 5.74) is 10.6. The lowest BCUT2D eigenvalue weighted by Gasteiger charge is -2.42. The molecule has 3 aromatic heterocycles. The van der Waals surface area contributed by atoms with Crippen LogP contribution in [0.1, 0.15) is 131 Å². The Bertz CT molecular complexity index is 5610. The number of likely N-dealkylation sites (tertiary alicyclic amines) is 3. The summed E-state index contributed by atoms with van der Waals surface area (Å²) in [6.07, 6.45) is 0.226. The van der Waals surface area contributed by atoms with Gasteiger partial charge in [-0.2, -0.15) is 0 Å². The van der Waals surface area contributed by atoms with Crippen LogP contribution >= 0.6 is 34.0 Å². The Morgan fingerprint density at radius 2 is 0.765 bits per heavy atom. The van der Waals surface area contributed by atoms with Gasteiger partial charge in [0.05, 0.1) is 20.0 Å². The van der Waals surface area contributed by atoms with Crippen molar-refractivity contribution in [2.24, 2.45) is 5.41 Å². The number of phenols is 3. The summed E-state index contributed by atoms with van der Waals surface area (Å²) in [5, 5.41) is 32.3. The van der Waals surface area contributed by atoms with Crippen molar-refractivity contribution in [3.8, 4) is 69.0 Å². The number of carbonyl (C=O) groups excluding carboxylic acids is 3. The van der Waals surface area contributed by atoms with Crippen LogP contribution in [0.3, 0.4) is 0 Å². The molecule has 0 bridgehead atoms. The van der Waals surface area contributed by atoms with Crippen LogP contribution in [0.15, 0.2) is 158 Å². The summed E-state index contributed by atoms with van der Waals surface area (Å²) >= 11 is 3.86. The normalized spacial score (nSPS) is 14.5. The SMILES string of the molecule is Cc1cc(C)c(C(=O)c2sc3cc(O)ccc3c2Oc2ccc(OC3CN(CC(C)(C)CF)C3)cc2)c(C)c1.Cc1cc(C)c(C(=O)c2sc3cc(O)ccc3c2Oc2ccc(OC3CN(CCCF)C3)cc2CF)c(C)c1.[2H]C([2H])(CCF)N1CC(Oc2ccc(Oc3c(C(=O)c4c(C)cc(C)cc4C)sc4cc(O)ccc34)cc2)C1. The molecule has 3 fully saturated rings. The molecule has 9 aromatic carbocycles. The first kappa shape index (κ1) is 79.9. The number of hydrogen-bond donors (Lipinski definition) is 3. The van der Waals surface area contributed by atoms with Crippen LogP contribution in [-0.4, -0.2) is 145 Å². The second-order valence-electron chi connectivity index (χ2n) is 30.8. The smallest absolute Gasteiger partial charge is 0.207 e. The van der Waals surface area contributed by atoms with Crippen molar-refractivity contribution in [1.29, 1.82) is 0 Å². The predicted octanol–water partition coefficient (Wildman–Crippen LogP) is 22.0. The summed E-state index contributed by atoms with van der Waals surface area (Å²) in [6, 6.07) is 46.3. The van der Waals surface area contributed by atoms with Crippen molar-refractivity contribution in [3.05, 3.63) is 245 Å². The zero-order valence-corrected chi connectivity index (χ0v) is 68.7. The minimum Gasteiger partial charge on any atom is -0.508 e. The molecule has 0 radical (unpaired) electrons. The van der Waals surface area contributed by atoms with E-state index in [1.54, 1.807) is 102 Å². The maximum atomic E-state index is 14.2. The number of carbonyl (C=O) groups is 3. The van der Waals surface area contributed by atoms with Crippen LogP contribution in [0, 0.1) is 67.7 Å². The number of hydrogen-bond acceptors (Lipinski definition) is 18. The Hall–Kier alpha value is -10.3. The number of phenolic OH excluding ortho intramolecular Hbond substituents is 3. The van der Waals surface area contributed by atoms with Gasteiger partial charge in [0.25, 0.3) is 0 Å². The van der Waals surface area contributed by atoms with Crippen LogP contribution in [0.25, 0.3) is 30.3 Å². The highest BCUT2D eigenvalue weighted by Gasteiger charge is 2.35. The second kappa shape index (κ2) is 35.8. The van der Waals surface area contributed by atoms with E-state index >= 15 is 0 Å². The lowest BCUT2D eigenvalue weighted by atomic mass is 9.93. The molecule has 0 spiro atoms. The molecule has 12 aromatic rings. The molecule has 600 valence electrons. The van der Waals surface area contributed by atoms with Crippen LogP contribution < -0.4 is 28.4 Å². The van der Waals surface area contributed by atoms with Crippen LogP contribution in [-0.2, 0) is 6.67 Å². The number of ketones is 3. The topological polar surface area (TPSA) is 177 Å². The van der Waals surface area contributed by atoms with Crippen molar-refractivity contribution in [3.63, 3.8) is 0 Å². The molecule has 15 nitrogen and oxygen atoms in total. The van der Waals surface area contributed by atoms with Crippen LogP contribution in [0.4, 0.5) is 17.6 Å². The van der Waals surface area contributed by atoms with Gasteiger partial charge in [0.15, 0.2) is 17.2 Å². The lowest BCUT2D eigenvalue weighted by Crippen LogP contribution is -2.56. The van der Waals surface area contributed by atoms with E-state index < -0.39 is 19.8 Å². The quantitative estimate of drug-likeness (QED) is 0.0311. The van der Waals surface area contributed by atoms with Gasteiger partial charge in [0, 0.05) is 120 Å². The molecule has 15 rings (SSSR count). The van der Waals surface area contributed by atoms with Gasteiger partial charge in [0.2, 0.25) is 17.3 Å². The van der Waals surface area contributed by atoms with Crippen molar-refractivity contribution in [2.45, 2.75) is 114 Å². The van der Waals surface area contributed by atoms with E-state index in [9.17, 15) is 47.3 Å². The summed E-state index contributed by atoms with van der Waals surface area (Å²) in [4.78, 5) is 48.8. The van der Waals surface area contributed by atoms with Gasteiger partial charge in [-0.25, -0.2) is 4.39 Å². The zero-order valence-electron chi connectivity index (χ0n) is 68.2. The maximum absolute atomic E-state index is 14.2. The minimum atomic E-state index is -1.67. The van der Waals surface area contributed by atoms with E-state index in [0.717, 1.165) is 89.1 Å². The first-order valence-corrected chi connectivity index (χ1v) is 40.7. The summed E-state index contributed by atoms with van der Waals surface area (Å²) in [5.74, 6) is 4.50. The molecule has 3 aliphatic rings. The molecule has 6 heterocycles. The molecule has 0 amide bonds. The number of thiophene rings is 3. The lowest BCUT2D eigenvalue weighted by molar-refractivity contribution is -0.00597. The monoisotopic (exact) mass is 1620 g/mol. The molecule has 0 aliphatic carbocycles. The Morgan fingerprint density at radius 1 is 0.426 bits per heavy atom. The molecule has 22 heteroatoms. The maximum Gasteiger partial charge on any atom is 0.207 e. The number of nitrogens with zero attached hydrogens (tertiary/aromatic N) is 3. The fourth-order valence-corrected chi connectivity index (χ4v) is 18.4. The third-order valence-electron chi connectivity index (χ3n) is 20.3. The van der Waals surface area contributed by atoms with E-state index in [1.807, 2.05) is 137 Å². The summed E-state index contributed by atoms with van der Waals surface area (Å²) < 4.78 is 107. The molecule has 0 unspecified atom stereocenters. The van der Waals surface area contributed by atoms with E-state index in [4.69, 9.17) is 31.2 Å². The van der Waals surface area contributed by atoms with Crippen molar-refractivity contribution < 1.29 is 78.4 Å². The first-order valence-electron chi connectivity index (χ1n) is 39.3. The molecule has 3 saturated heterocycles. The first-order chi connectivity index (χ1) is 55.8. The number of benzene rings is 9. The second-order valence-corrected chi connectivity index (χ2v) is 34.0. The largest absolute Gasteiger partial charge is 0.508 e. The number of alkyl halides is 4. The summed E-state index contributed by atoms with van der Waals surface area (Å²) in [7, 11) is 0. The molecular weight excluding hydrogens is 1520 g/mol. The number of fused-ring (bicyclic) bond motifs is 3. The molecular formula is C93H95F4N3O12S3. The summed E-state index contributed by atoms with van der Waals surface area (Å²) in [6.45, 7) is 22.8. The molecule has 115 heavy (non-hydrogen) atoms. The fourth-order valence-electron chi connectivity index (χ4n) is 15.1. The number of aryl methyl sites for hydroxylation is 9. The van der Waals surface area contributed by atoms with E-state index in [0.29, 0.717) is 139 Å². The fraction of sp³-hybridized carbons (Fsp3) is 0.323. The van der Waals surface area contributed by atoms with Gasteiger partial charge < -0.3 is 43.7 Å². The Labute approximate surface area is 682 Å². The van der Waals surface area contributed by atoms with E-state index in [1.165, 1.54) is 34.0 Å². The average Bonchev–Trinajstić information content (AvgIpc) is 1.63. The van der Waals surface area contributed by atoms with E-state index in [-0.39, 0.29) is 78.1 Å². The van der Waals surface area contributed by atoms with Gasteiger partial charge in [-0.3, -0.25) is 42.3 Å². The van der Waals surface area contributed by atoms with E-state index in [2.05, 4.69) is 9.80 Å². The van der Waals surface area contributed by atoms with Gasteiger partial charge in [-0.05, 0) is 230 Å². The highest BCUT2D eigenvalue weighted by molar-refractivity contribution is 7.22. The molecule has 0 saturated carbocycles. The third-order valence-corrected chi connectivity index (χ3v) is 23.7. The Kier molecular flexibility index (Phi) is 24.9. The third kappa shape index (κ3) is 19.3. The standard InChI is InChI=1S/C32H34FNO4S.C31H31F2NO4S.C30H30FNO4S/c1-19-12-20(2)28(21(3)13-19)29(36)31-30(26-11-6-22(35)14-27(26)39-31)38-24-9-7-23(8-10-24)37-25-15-34(16-25)18-32(4,5)17-33;1-18-11-19(2)28(20(3)12-18)29(36)31-30(25-7-5-22(35)14-27(25)39-31)38-26-8-6-23(13-21(26)15-33)37-24-16-34(17-24)10-4-9-32;1-18-13-19(2)27(20(3)14-18)28(34)30-29(25-10-5-21(33)15-26(25)37-30)36-23-8-6-22(7-9-23)35-24-16-32(17-24)12-4-11-31/h6-14,25,35H,15-18H2,1-5H3;5-8,11-14,24,35H,4,9-10,15-17H2,1-3H3;5-10,13-15,24,33H,4,11-12,16-17H2,1-3H3/i;;12D2. The number of ether oxygens (including phenoxy) is 6.